The van der Waals surface area contributed by atoms with Gasteiger partial charge in [-0.1, -0.05) is 32.4 Å². The van der Waals surface area contributed by atoms with Gasteiger partial charge in [-0.15, -0.1) is 0 Å². The number of ether oxygens (including phenoxy) is 2. The van der Waals surface area contributed by atoms with E-state index in [0.29, 0.717) is 16.5 Å². The molecule has 0 bridgehead atoms. The van der Waals surface area contributed by atoms with E-state index in [0.717, 1.165) is 0 Å². The van der Waals surface area contributed by atoms with Gasteiger partial charge in [0.1, 0.15) is 5.82 Å². The molecule has 0 spiro atoms. The summed E-state index contributed by atoms with van der Waals surface area (Å²) in [4.78, 5) is 19.4. The van der Waals surface area contributed by atoms with Crippen LogP contribution in [-0.4, -0.2) is 22.0 Å². The van der Waals surface area contributed by atoms with Crippen LogP contribution in [0.25, 0.3) is 0 Å². The van der Waals surface area contributed by atoms with Crippen molar-refractivity contribution in [1.82, 2.24) is 9.97 Å². The minimum Gasteiger partial charge on any atom is -0.432 e. The highest BCUT2D eigenvalue weighted by atomic mass is 35.5. The van der Waals surface area contributed by atoms with Gasteiger partial charge in [-0.2, -0.15) is 4.98 Å². The molecule has 1 heterocycles. The molecule has 7 nitrogen and oxygen atoms in total. The Morgan fingerprint density at radius 3 is 2.54 bits per heavy atom. The first-order valence-corrected chi connectivity index (χ1v) is 7.57. The van der Waals surface area contributed by atoms with Gasteiger partial charge in [0, 0.05) is 35.7 Å². The molecule has 0 saturated heterocycles. The Kier molecular flexibility index (Phi) is 5.36. The smallest absolute Gasteiger partial charge is 0.311 e. The standard InChI is InChI=1S/C16H18ClN3O4/c1-16(2,3)15-18-11(9-23-4)8-14(19-15)24-13-7-10(17)5-6-12(13)20(21)22/h5-8H,9H2,1-4H3. The zero-order chi connectivity index (χ0) is 17.9. The van der Waals surface area contributed by atoms with Crippen molar-refractivity contribution in [3.8, 4) is 11.6 Å². The van der Waals surface area contributed by atoms with E-state index >= 15 is 0 Å². The molecule has 24 heavy (non-hydrogen) atoms. The third-order valence-corrected chi connectivity index (χ3v) is 3.29. The van der Waals surface area contributed by atoms with Crippen LogP contribution in [0.1, 0.15) is 32.3 Å². The summed E-state index contributed by atoms with van der Waals surface area (Å²) in [5, 5.41) is 11.5. The maximum Gasteiger partial charge on any atom is 0.311 e. The van der Waals surface area contributed by atoms with Crippen molar-refractivity contribution >= 4 is 17.3 Å². The molecule has 0 aliphatic rings. The first-order valence-electron chi connectivity index (χ1n) is 7.20. The molecule has 2 aromatic rings. The average Bonchev–Trinajstić information content (AvgIpc) is 2.46. The van der Waals surface area contributed by atoms with Gasteiger partial charge in [-0.25, -0.2) is 4.98 Å². The Morgan fingerprint density at radius 2 is 1.96 bits per heavy atom. The molecule has 0 atom stereocenters. The fourth-order valence-electron chi connectivity index (χ4n) is 1.92. The van der Waals surface area contributed by atoms with E-state index in [9.17, 15) is 10.1 Å². The summed E-state index contributed by atoms with van der Waals surface area (Å²) >= 11 is 5.92. The van der Waals surface area contributed by atoms with Crippen LogP contribution in [0.3, 0.4) is 0 Å². The number of methoxy groups -OCH3 is 1. The number of halogens is 1. The van der Waals surface area contributed by atoms with Crippen LogP contribution in [0.5, 0.6) is 11.6 Å². The monoisotopic (exact) mass is 351 g/mol. The molecule has 1 aromatic carbocycles. The third-order valence-electron chi connectivity index (χ3n) is 3.05. The van der Waals surface area contributed by atoms with Gasteiger partial charge in [0.15, 0.2) is 0 Å². The van der Waals surface area contributed by atoms with E-state index in [4.69, 9.17) is 21.1 Å². The summed E-state index contributed by atoms with van der Waals surface area (Å²) < 4.78 is 10.7. The van der Waals surface area contributed by atoms with Crippen molar-refractivity contribution in [3.63, 3.8) is 0 Å². The van der Waals surface area contributed by atoms with Gasteiger partial charge in [0.05, 0.1) is 17.2 Å². The lowest BCUT2D eigenvalue weighted by Gasteiger charge is -2.18. The first kappa shape index (κ1) is 18.1. The third kappa shape index (κ3) is 4.39. The lowest BCUT2D eigenvalue weighted by Crippen LogP contribution is -2.17. The Bertz CT molecular complexity index is 759. The quantitative estimate of drug-likeness (QED) is 0.590. The van der Waals surface area contributed by atoms with Crippen LogP contribution in [0.4, 0.5) is 5.69 Å². The van der Waals surface area contributed by atoms with E-state index < -0.39 is 4.92 Å². The second-order valence-electron chi connectivity index (χ2n) is 6.18. The van der Waals surface area contributed by atoms with Crippen LogP contribution in [-0.2, 0) is 16.8 Å². The van der Waals surface area contributed by atoms with Crippen LogP contribution in [0, 0.1) is 10.1 Å². The fraction of sp³-hybridized carbons (Fsp3) is 0.375. The molecule has 0 amide bonds. The lowest BCUT2D eigenvalue weighted by atomic mass is 9.95. The Hall–Kier alpha value is -2.25. The second-order valence-corrected chi connectivity index (χ2v) is 6.61. The first-order chi connectivity index (χ1) is 11.2. The van der Waals surface area contributed by atoms with Crippen LogP contribution in [0.15, 0.2) is 24.3 Å². The fourth-order valence-corrected chi connectivity index (χ4v) is 2.08. The van der Waals surface area contributed by atoms with E-state index in [1.54, 1.807) is 13.2 Å². The minimum atomic E-state index is -0.534. The highest BCUT2D eigenvalue weighted by Gasteiger charge is 2.22. The molecular weight excluding hydrogens is 334 g/mol. The van der Waals surface area contributed by atoms with Crippen molar-refractivity contribution in [2.75, 3.05) is 7.11 Å². The molecule has 0 fully saturated rings. The zero-order valence-corrected chi connectivity index (χ0v) is 14.6. The number of rotatable bonds is 5. The van der Waals surface area contributed by atoms with Gasteiger partial charge in [-0.05, 0) is 6.07 Å². The van der Waals surface area contributed by atoms with Gasteiger partial charge in [0.25, 0.3) is 0 Å². The second kappa shape index (κ2) is 7.11. The number of hydrogen-bond donors (Lipinski definition) is 0. The van der Waals surface area contributed by atoms with Crippen molar-refractivity contribution in [2.24, 2.45) is 0 Å². The van der Waals surface area contributed by atoms with Crippen LogP contribution >= 0.6 is 11.6 Å². The van der Waals surface area contributed by atoms with Gasteiger partial charge >= 0.3 is 5.69 Å². The highest BCUT2D eigenvalue weighted by Crippen LogP contribution is 2.34. The summed E-state index contributed by atoms with van der Waals surface area (Å²) in [5.74, 6) is 0.776. The number of hydrogen-bond acceptors (Lipinski definition) is 6. The molecule has 0 radical (unpaired) electrons. The highest BCUT2D eigenvalue weighted by molar-refractivity contribution is 6.30. The number of nitro benzene ring substituents is 1. The van der Waals surface area contributed by atoms with E-state index in [1.807, 2.05) is 20.8 Å². The average molecular weight is 352 g/mol. The molecule has 2 rings (SSSR count). The SMILES string of the molecule is COCc1cc(Oc2cc(Cl)ccc2[N+](=O)[O-])nc(C(C)(C)C)n1. The summed E-state index contributed by atoms with van der Waals surface area (Å²) in [7, 11) is 1.56. The van der Waals surface area contributed by atoms with Crippen LogP contribution in [0.2, 0.25) is 5.02 Å². The molecule has 0 N–H and O–H groups in total. The topological polar surface area (TPSA) is 87.4 Å². The molecular formula is C16H18ClN3O4. The molecule has 128 valence electrons. The number of aromatic nitrogens is 2. The molecule has 0 unspecified atom stereocenters. The number of benzene rings is 1. The summed E-state index contributed by atoms with van der Waals surface area (Å²) in [6.07, 6.45) is 0. The maximum atomic E-state index is 11.1. The van der Waals surface area contributed by atoms with Crippen molar-refractivity contribution in [2.45, 2.75) is 32.8 Å². The normalized spacial score (nSPS) is 11.4. The molecule has 0 aliphatic heterocycles. The van der Waals surface area contributed by atoms with E-state index in [-0.39, 0.29) is 29.3 Å². The van der Waals surface area contributed by atoms with Crippen molar-refractivity contribution in [1.29, 1.82) is 0 Å². The Labute approximate surface area is 144 Å². The van der Waals surface area contributed by atoms with Crippen molar-refractivity contribution in [3.05, 3.63) is 50.9 Å². The minimum absolute atomic E-state index is 0.0226. The zero-order valence-electron chi connectivity index (χ0n) is 13.9. The molecule has 0 saturated carbocycles. The summed E-state index contributed by atoms with van der Waals surface area (Å²) in [6.45, 7) is 6.17. The van der Waals surface area contributed by atoms with Gasteiger partial charge < -0.3 is 9.47 Å². The molecule has 0 aliphatic carbocycles. The molecule has 8 heteroatoms. The largest absolute Gasteiger partial charge is 0.432 e. The predicted molar refractivity (Wildman–Crippen MR) is 89.6 cm³/mol. The van der Waals surface area contributed by atoms with Crippen molar-refractivity contribution < 1.29 is 14.4 Å². The number of nitrogens with zero attached hydrogens (tertiary/aromatic N) is 3. The maximum absolute atomic E-state index is 11.1. The Balaban J connectivity index is 2.48. The van der Waals surface area contributed by atoms with Gasteiger partial charge in [-0.3, -0.25) is 10.1 Å². The Morgan fingerprint density at radius 1 is 1.25 bits per heavy atom. The van der Waals surface area contributed by atoms with E-state index in [2.05, 4.69) is 9.97 Å². The van der Waals surface area contributed by atoms with Gasteiger partial charge in [0.2, 0.25) is 11.6 Å². The number of nitro groups is 1. The summed E-state index contributed by atoms with van der Waals surface area (Å²) in [5.41, 5.74) is 0.114. The van der Waals surface area contributed by atoms with E-state index in [1.165, 1.54) is 18.2 Å². The predicted octanol–water partition coefficient (Wildman–Crippen LogP) is 4.27. The molecule has 1 aromatic heterocycles. The van der Waals surface area contributed by atoms with Crippen LogP contribution < -0.4 is 4.74 Å². The summed E-state index contributed by atoms with van der Waals surface area (Å²) in [6, 6.07) is 5.70. The lowest BCUT2D eigenvalue weighted by molar-refractivity contribution is -0.385.